The molecule has 4 aromatic rings. The minimum atomic E-state index is -0.528. The number of nitrogens with zero attached hydrogens (tertiary/aromatic N) is 1. The lowest BCUT2D eigenvalue weighted by Gasteiger charge is -2.14. The van der Waals surface area contributed by atoms with E-state index in [1.165, 1.54) is 18.2 Å². The number of imide groups is 1. The molecule has 5 rings (SSSR count). The van der Waals surface area contributed by atoms with Crippen LogP contribution in [0.15, 0.2) is 91.0 Å². The monoisotopic (exact) mass is 713 g/mol. The van der Waals surface area contributed by atoms with Crippen molar-refractivity contribution in [2.24, 2.45) is 0 Å². The Kier molecular flexibility index (Phi) is 7.07. The highest BCUT2D eigenvalue weighted by Gasteiger charge is 2.37. The molecule has 37 heavy (non-hydrogen) atoms. The molecule has 0 unspecified atom stereocenters. The lowest BCUT2D eigenvalue weighted by molar-refractivity contribution is 0.0924. The molecule has 1 aliphatic rings. The van der Waals surface area contributed by atoms with E-state index in [1.54, 1.807) is 36.4 Å². The number of hydrogen-bond donors (Lipinski definition) is 2. The normalized spacial score (nSPS) is 12.3. The molecule has 7 nitrogen and oxygen atoms in total. The molecule has 0 saturated carbocycles. The number of anilines is 3. The molecule has 1 heterocycles. The van der Waals surface area contributed by atoms with Gasteiger partial charge in [0.15, 0.2) is 0 Å². The number of carbonyl (C=O) groups excluding carboxylic acids is 4. The van der Waals surface area contributed by atoms with Crippen molar-refractivity contribution < 1.29 is 19.2 Å². The van der Waals surface area contributed by atoms with Gasteiger partial charge in [0.1, 0.15) is 0 Å². The van der Waals surface area contributed by atoms with Crippen LogP contribution in [-0.2, 0) is 0 Å². The van der Waals surface area contributed by atoms with Crippen molar-refractivity contribution in [2.75, 3.05) is 15.5 Å². The summed E-state index contributed by atoms with van der Waals surface area (Å²) in [5.74, 6) is -1.70. The molecule has 182 valence electrons. The highest BCUT2D eigenvalue weighted by molar-refractivity contribution is 14.1. The second-order valence-electron chi connectivity index (χ2n) is 8.17. The van der Waals surface area contributed by atoms with E-state index in [9.17, 15) is 19.2 Å². The topological polar surface area (TPSA) is 95.6 Å². The van der Waals surface area contributed by atoms with Crippen LogP contribution >= 0.6 is 45.2 Å². The van der Waals surface area contributed by atoms with Crippen LogP contribution in [0.25, 0.3) is 0 Å². The minimum Gasteiger partial charge on any atom is -0.322 e. The van der Waals surface area contributed by atoms with E-state index < -0.39 is 11.8 Å². The third-order valence-corrected chi connectivity index (χ3v) is 7.18. The molecule has 0 spiro atoms. The summed E-state index contributed by atoms with van der Waals surface area (Å²) >= 11 is 4.36. The van der Waals surface area contributed by atoms with Gasteiger partial charge >= 0.3 is 0 Å². The SMILES string of the molecule is O=C(Nc1ccc(I)cc1)c1ccc(N2C(=O)c3ccc(C(=O)Nc4ccc(I)cc4)cc3C2=O)cc1. The molecule has 0 bridgehead atoms. The Labute approximate surface area is 239 Å². The summed E-state index contributed by atoms with van der Waals surface area (Å²) in [5.41, 5.74) is 2.65. The summed E-state index contributed by atoms with van der Waals surface area (Å²) in [6.45, 7) is 0. The summed E-state index contributed by atoms with van der Waals surface area (Å²) in [6.07, 6.45) is 0. The maximum atomic E-state index is 13.2. The Morgan fingerprint density at radius 1 is 0.568 bits per heavy atom. The van der Waals surface area contributed by atoms with Crippen molar-refractivity contribution in [3.05, 3.63) is 120 Å². The Morgan fingerprint density at radius 2 is 1.03 bits per heavy atom. The number of fused-ring (bicyclic) bond motifs is 1. The fourth-order valence-electron chi connectivity index (χ4n) is 3.85. The third kappa shape index (κ3) is 5.27. The number of rotatable bonds is 5. The van der Waals surface area contributed by atoms with Gasteiger partial charge < -0.3 is 10.6 Å². The van der Waals surface area contributed by atoms with Gasteiger partial charge in [-0.1, -0.05) is 0 Å². The molecule has 2 N–H and O–H groups in total. The van der Waals surface area contributed by atoms with Crippen LogP contribution in [0.2, 0.25) is 0 Å². The van der Waals surface area contributed by atoms with Gasteiger partial charge in [-0.3, -0.25) is 19.2 Å². The van der Waals surface area contributed by atoms with Crippen molar-refractivity contribution in [3.63, 3.8) is 0 Å². The first-order chi connectivity index (χ1) is 17.8. The van der Waals surface area contributed by atoms with Crippen molar-refractivity contribution in [1.29, 1.82) is 0 Å². The molecule has 4 aromatic carbocycles. The zero-order valence-electron chi connectivity index (χ0n) is 19.0. The average molecular weight is 713 g/mol. The van der Waals surface area contributed by atoms with Gasteiger partial charge in [-0.05, 0) is 136 Å². The van der Waals surface area contributed by atoms with E-state index in [0.717, 1.165) is 12.0 Å². The lowest BCUT2D eigenvalue weighted by Crippen LogP contribution is -2.29. The predicted molar refractivity (Wildman–Crippen MR) is 158 cm³/mol. The number of nitrogens with one attached hydrogen (secondary N) is 2. The number of benzene rings is 4. The number of halogens is 2. The lowest BCUT2D eigenvalue weighted by atomic mass is 10.1. The maximum absolute atomic E-state index is 13.2. The van der Waals surface area contributed by atoms with Crippen LogP contribution in [0.5, 0.6) is 0 Å². The Morgan fingerprint density at radius 3 is 1.57 bits per heavy atom. The Hall–Kier alpha value is -3.58. The predicted octanol–water partition coefficient (Wildman–Crippen LogP) is 6.20. The van der Waals surface area contributed by atoms with Gasteiger partial charge in [0, 0.05) is 29.6 Å². The van der Waals surface area contributed by atoms with E-state index in [2.05, 4.69) is 55.8 Å². The molecule has 4 amide bonds. The largest absolute Gasteiger partial charge is 0.322 e. The standard InChI is InChI=1S/C28H17I2N3O4/c29-18-4-8-20(9-5-18)31-25(34)16-1-12-22(13-2-16)33-27(36)23-14-3-17(15-24(23)28(33)37)26(35)32-21-10-6-19(30)7-11-21/h1-15H,(H,31,34)(H,32,35). The molecule has 9 heteroatoms. The third-order valence-electron chi connectivity index (χ3n) is 5.74. The number of carbonyl (C=O) groups is 4. The molecule has 0 aromatic heterocycles. The molecule has 0 aliphatic carbocycles. The summed E-state index contributed by atoms with van der Waals surface area (Å²) in [7, 11) is 0. The summed E-state index contributed by atoms with van der Waals surface area (Å²) < 4.78 is 2.09. The maximum Gasteiger partial charge on any atom is 0.266 e. The van der Waals surface area contributed by atoms with Crippen molar-refractivity contribution >= 4 is 85.9 Å². The van der Waals surface area contributed by atoms with Crippen molar-refractivity contribution in [3.8, 4) is 0 Å². The van der Waals surface area contributed by atoms with Crippen LogP contribution in [-0.4, -0.2) is 23.6 Å². The van der Waals surface area contributed by atoms with E-state index in [1.807, 2.05) is 36.4 Å². The quantitative estimate of drug-likeness (QED) is 0.190. The van der Waals surface area contributed by atoms with Crippen LogP contribution < -0.4 is 15.5 Å². The smallest absolute Gasteiger partial charge is 0.266 e. The van der Waals surface area contributed by atoms with Gasteiger partial charge in [-0.15, -0.1) is 0 Å². The molecule has 0 saturated heterocycles. The molecule has 0 radical (unpaired) electrons. The van der Waals surface area contributed by atoms with E-state index >= 15 is 0 Å². The second-order valence-corrected chi connectivity index (χ2v) is 10.7. The number of amides is 4. The zero-order chi connectivity index (χ0) is 26.1. The molecular formula is C28H17I2N3O4. The highest BCUT2D eigenvalue weighted by Crippen LogP contribution is 2.30. The summed E-state index contributed by atoms with van der Waals surface area (Å²) in [6, 6.07) is 25.4. The van der Waals surface area contributed by atoms with Gasteiger partial charge in [0.25, 0.3) is 23.6 Å². The first kappa shape index (κ1) is 25.1. The van der Waals surface area contributed by atoms with Crippen LogP contribution in [0.3, 0.4) is 0 Å². The van der Waals surface area contributed by atoms with Crippen molar-refractivity contribution in [1.82, 2.24) is 0 Å². The summed E-state index contributed by atoms with van der Waals surface area (Å²) in [4.78, 5) is 52.5. The van der Waals surface area contributed by atoms with Crippen molar-refractivity contribution in [2.45, 2.75) is 0 Å². The second kappa shape index (κ2) is 10.4. The van der Waals surface area contributed by atoms with E-state index in [4.69, 9.17) is 0 Å². The van der Waals surface area contributed by atoms with Crippen LogP contribution in [0.4, 0.5) is 17.1 Å². The fourth-order valence-corrected chi connectivity index (χ4v) is 4.57. The van der Waals surface area contributed by atoms with Gasteiger partial charge in [0.2, 0.25) is 0 Å². The van der Waals surface area contributed by atoms with Gasteiger partial charge in [-0.25, -0.2) is 4.90 Å². The van der Waals surface area contributed by atoms with Gasteiger partial charge in [0.05, 0.1) is 16.8 Å². The summed E-state index contributed by atoms with van der Waals surface area (Å²) in [5, 5.41) is 5.61. The van der Waals surface area contributed by atoms with Crippen LogP contribution in [0.1, 0.15) is 41.4 Å². The number of hydrogen-bond acceptors (Lipinski definition) is 4. The Bertz CT molecular complexity index is 1550. The minimum absolute atomic E-state index is 0.154. The van der Waals surface area contributed by atoms with Gasteiger partial charge in [-0.2, -0.15) is 0 Å². The molecule has 1 aliphatic heterocycles. The molecule has 0 atom stereocenters. The van der Waals surface area contributed by atoms with E-state index in [-0.39, 0.29) is 28.5 Å². The van der Waals surface area contributed by atoms with Crippen LogP contribution in [0, 0.1) is 7.14 Å². The first-order valence-electron chi connectivity index (χ1n) is 11.1. The molecular weight excluding hydrogens is 696 g/mol. The first-order valence-corrected chi connectivity index (χ1v) is 13.2. The average Bonchev–Trinajstić information content (AvgIpc) is 3.16. The zero-order valence-corrected chi connectivity index (χ0v) is 23.3. The fraction of sp³-hybridized carbons (Fsp3) is 0. The highest BCUT2D eigenvalue weighted by atomic mass is 127. The van der Waals surface area contributed by atoms with E-state index in [0.29, 0.717) is 22.6 Å². The molecule has 0 fully saturated rings. The Balaban J connectivity index is 1.32.